The van der Waals surface area contributed by atoms with Crippen molar-refractivity contribution < 1.29 is 23.5 Å². The van der Waals surface area contributed by atoms with Gasteiger partial charge in [-0.3, -0.25) is 0 Å². The van der Waals surface area contributed by atoms with E-state index in [1.807, 2.05) is 13.8 Å². The van der Waals surface area contributed by atoms with Crippen LogP contribution in [0.25, 0.3) is 0 Å². The zero-order chi connectivity index (χ0) is 14.2. The van der Waals surface area contributed by atoms with Gasteiger partial charge in [-0.25, -0.2) is 4.79 Å². The van der Waals surface area contributed by atoms with Crippen molar-refractivity contribution in [2.75, 3.05) is 6.61 Å². The lowest BCUT2D eigenvalue weighted by Gasteiger charge is -2.25. The average Bonchev–Trinajstić information content (AvgIpc) is 2.21. The maximum Gasteiger partial charge on any atom is 0.694 e. The highest BCUT2D eigenvalue weighted by Gasteiger charge is 2.22. The van der Waals surface area contributed by atoms with Gasteiger partial charge in [-0.2, -0.15) is 0 Å². The number of ether oxygens (including phenoxy) is 1. The normalized spacial score (nSPS) is 12.1. The number of hydrogen-bond acceptors (Lipinski definition) is 4. The van der Waals surface area contributed by atoms with Crippen molar-refractivity contribution in [3.05, 3.63) is 12.2 Å². The van der Waals surface area contributed by atoms with E-state index >= 15 is 0 Å². The Balaban J connectivity index is 3.73. The molecule has 18 heavy (non-hydrogen) atoms. The molecule has 6 heteroatoms. The molecule has 1 N–H and O–H groups in total. The number of hydrogen-bond donors (Lipinski definition) is 1. The highest BCUT2D eigenvalue weighted by Crippen LogP contribution is 2.21. The van der Waals surface area contributed by atoms with E-state index in [2.05, 4.69) is 11.1 Å². The Morgan fingerprint density at radius 1 is 1.33 bits per heavy atom. The van der Waals surface area contributed by atoms with E-state index in [0.717, 1.165) is 19.3 Å². The predicted molar refractivity (Wildman–Crippen MR) is 69.2 cm³/mol. The van der Waals surface area contributed by atoms with Crippen LogP contribution in [0.15, 0.2) is 12.2 Å². The third-order valence-electron chi connectivity index (χ3n) is 2.34. The summed E-state index contributed by atoms with van der Waals surface area (Å²) < 4.78 is 20.1. The molecule has 0 spiro atoms. The number of esters is 1. The first-order valence-corrected chi connectivity index (χ1v) is 7.05. The maximum atomic E-state index is 11.4. The van der Waals surface area contributed by atoms with Crippen LogP contribution in [-0.4, -0.2) is 23.1 Å². The lowest BCUT2D eigenvalue weighted by molar-refractivity contribution is -0.152. The molecule has 1 atom stereocenters. The molecule has 0 aliphatic heterocycles. The van der Waals surface area contributed by atoms with Crippen LogP contribution in [0.5, 0.6) is 0 Å². The Morgan fingerprint density at radius 2 is 1.94 bits per heavy atom. The molecule has 104 valence electrons. The van der Waals surface area contributed by atoms with E-state index in [1.54, 1.807) is 6.92 Å². The fourth-order valence-electron chi connectivity index (χ4n) is 1.36. The Kier molecular flexibility index (Phi) is 8.00. The molecule has 0 aromatic carbocycles. The first-order chi connectivity index (χ1) is 8.24. The van der Waals surface area contributed by atoms with Gasteiger partial charge in [0.25, 0.3) is 0 Å². The van der Waals surface area contributed by atoms with Gasteiger partial charge in [0.2, 0.25) is 0 Å². The van der Waals surface area contributed by atoms with E-state index in [9.17, 15) is 9.36 Å². The molecule has 0 radical (unpaired) electrons. The zero-order valence-electron chi connectivity index (χ0n) is 11.3. The fraction of sp³-hybridized carbons (Fsp3) is 0.750. The van der Waals surface area contributed by atoms with Crippen LogP contribution >= 0.6 is 8.25 Å². The molecule has 0 aliphatic carbocycles. The first-order valence-electron chi connectivity index (χ1n) is 5.92. The average molecular weight is 277 g/mol. The van der Waals surface area contributed by atoms with Crippen LogP contribution in [0.4, 0.5) is 0 Å². The second kappa shape index (κ2) is 8.35. The standard InChI is InChI=1S/C12H21O5P/c1-10(2)11(13)17-12(3,4)8-6-5-7-9-16-18(14)15/h1,5-9H2,2-4H3/p+1. The molecule has 0 rings (SSSR count). The minimum Gasteiger partial charge on any atom is -0.456 e. The monoisotopic (exact) mass is 277 g/mol. The van der Waals surface area contributed by atoms with Crippen molar-refractivity contribution in [3.8, 4) is 0 Å². The Morgan fingerprint density at radius 3 is 2.44 bits per heavy atom. The highest BCUT2D eigenvalue weighted by atomic mass is 31.1. The summed E-state index contributed by atoms with van der Waals surface area (Å²) in [5, 5.41) is 0. The summed E-state index contributed by atoms with van der Waals surface area (Å²) in [6.45, 7) is 9.14. The molecule has 0 amide bonds. The van der Waals surface area contributed by atoms with Crippen LogP contribution in [0.2, 0.25) is 0 Å². The minimum absolute atomic E-state index is 0.275. The largest absolute Gasteiger partial charge is 0.694 e. The van der Waals surface area contributed by atoms with Gasteiger partial charge in [0.15, 0.2) is 0 Å². The number of unbranched alkanes of at least 4 members (excludes halogenated alkanes) is 2. The van der Waals surface area contributed by atoms with Gasteiger partial charge < -0.3 is 4.74 Å². The molecule has 0 aliphatic rings. The third-order valence-corrected chi connectivity index (χ3v) is 2.75. The van der Waals surface area contributed by atoms with Crippen molar-refractivity contribution >= 4 is 14.2 Å². The topological polar surface area (TPSA) is 72.8 Å². The number of carbonyl (C=O) groups is 1. The van der Waals surface area contributed by atoms with E-state index in [0.29, 0.717) is 12.0 Å². The predicted octanol–water partition coefficient (Wildman–Crippen LogP) is 3.11. The van der Waals surface area contributed by atoms with Crippen LogP contribution < -0.4 is 0 Å². The summed E-state index contributed by atoms with van der Waals surface area (Å²) in [4.78, 5) is 19.8. The Bertz CT molecular complexity index is 312. The quantitative estimate of drug-likeness (QED) is 0.303. The minimum atomic E-state index is -2.49. The van der Waals surface area contributed by atoms with Crippen molar-refractivity contribution in [3.63, 3.8) is 0 Å². The maximum absolute atomic E-state index is 11.4. The molecular weight excluding hydrogens is 255 g/mol. The van der Waals surface area contributed by atoms with Gasteiger partial charge in [-0.05, 0) is 40.0 Å². The van der Waals surface area contributed by atoms with E-state index in [4.69, 9.17) is 9.63 Å². The molecule has 5 nitrogen and oxygen atoms in total. The van der Waals surface area contributed by atoms with Gasteiger partial charge in [0.05, 0.1) is 0 Å². The summed E-state index contributed by atoms with van der Waals surface area (Å²) in [5.74, 6) is -0.374. The Hall–Kier alpha value is -0.770. The van der Waals surface area contributed by atoms with Crippen LogP contribution in [0.1, 0.15) is 46.5 Å². The molecule has 1 unspecified atom stereocenters. The molecule has 0 aromatic heterocycles. The van der Waals surface area contributed by atoms with Gasteiger partial charge in [-0.1, -0.05) is 13.0 Å². The molecule has 0 fully saturated rings. The molecule has 0 bridgehead atoms. The van der Waals surface area contributed by atoms with Crippen LogP contribution in [-0.2, 0) is 18.6 Å². The highest BCUT2D eigenvalue weighted by molar-refractivity contribution is 7.32. The van der Waals surface area contributed by atoms with Gasteiger partial charge in [0.1, 0.15) is 12.2 Å². The first kappa shape index (κ1) is 17.2. The van der Waals surface area contributed by atoms with Gasteiger partial charge in [-0.15, -0.1) is 9.42 Å². The summed E-state index contributed by atoms with van der Waals surface area (Å²) in [7, 11) is -2.49. The van der Waals surface area contributed by atoms with E-state index < -0.39 is 13.9 Å². The summed E-state index contributed by atoms with van der Waals surface area (Å²) in [6, 6.07) is 0. The lowest BCUT2D eigenvalue weighted by atomic mass is 10.0. The summed E-state index contributed by atoms with van der Waals surface area (Å²) in [5.41, 5.74) is -0.123. The fourth-order valence-corrected chi connectivity index (χ4v) is 1.65. The van der Waals surface area contributed by atoms with Crippen LogP contribution in [0.3, 0.4) is 0 Å². The second-order valence-corrected chi connectivity index (χ2v) is 5.55. The molecule has 0 saturated carbocycles. The molecule has 0 heterocycles. The van der Waals surface area contributed by atoms with Gasteiger partial charge >= 0.3 is 14.2 Å². The SMILES string of the molecule is C=C(C)C(=O)OC(C)(C)CCCCCO[P+](=O)O. The second-order valence-electron chi connectivity index (χ2n) is 4.81. The Labute approximate surface area is 109 Å². The third kappa shape index (κ3) is 9.28. The van der Waals surface area contributed by atoms with Crippen molar-refractivity contribution in [2.24, 2.45) is 0 Å². The van der Waals surface area contributed by atoms with Gasteiger partial charge in [0, 0.05) is 10.1 Å². The van der Waals surface area contributed by atoms with Crippen LogP contribution in [0, 0.1) is 0 Å². The number of carbonyl (C=O) groups excluding carboxylic acids is 1. The molecule has 0 aromatic rings. The zero-order valence-corrected chi connectivity index (χ0v) is 12.2. The summed E-state index contributed by atoms with van der Waals surface area (Å²) in [6.07, 6.45) is 3.17. The van der Waals surface area contributed by atoms with E-state index in [1.165, 1.54) is 0 Å². The van der Waals surface area contributed by atoms with E-state index in [-0.39, 0.29) is 12.6 Å². The van der Waals surface area contributed by atoms with Crippen molar-refractivity contribution in [1.29, 1.82) is 0 Å². The smallest absolute Gasteiger partial charge is 0.456 e. The van der Waals surface area contributed by atoms with Crippen molar-refractivity contribution in [1.82, 2.24) is 0 Å². The lowest BCUT2D eigenvalue weighted by Crippen LogP contribution is -2.28. The number of rotatable bonds is 9. The van der Waals surface area contributed by atoms with Crippen molar-refractivity contribution in [2.45, 2.75) is 52.1 Å². The molecule has 0 saturated heterocycles. The molecular formula is C12H22O5P+. The summed E-state index contributed by atoms with van der Waals surface area (Å²) >= 11 is 0.